The Bertz CT molecular complexity index is 339. The van der Waals surface area contributed by atoms with Crippen molar-refractivity contribution in [2.75, 3.05) is 0 Å². The minimum absolute atomic E-state index is 0.120. The monoisotopic (exact) mass is 274 g/mol. The van der Waals surface area contributed by atoms with Crippen LogP contribution in [-0.4, -0.2) is 5.38 Å². The van der Waals surface area contributed by atoms with E-state index in [0.29, 0.717) is 5.92 Å². The molecule has 0 aliphatic rings. The first-order chi connectivity index (χ1) is 8.60. The van der Waals surface area contributed by atoms with Crippen LogP contribution in [0.4, 0.5) is 8.78 Å². The van der Waals surface area contributed by atoms with Crippen LogP contribution in [0.25, 0.3) is 0 Å². The van der Waals surface area contributed by atoms with E-state index in [1.165, 1.54) is 18.2 Å². The number of benzene rings is 1. The van der Waals surface area contributed by atoms with E-state index in [0.717, 1.165) is 25.7 Å². The molecular weight excluding hydrogens is 254 g/mol. The maximum absolute atomic E-state index is 13.5. The van der Waals surface area contributed by atoms with Crippen molar-refractivity contribution in [3.8, 4) is 0 Å². The zero-order chi connectivity index (χ0) is 13.5. The highest BCUT2D eigenvalue weighted by atomic mass is 35.5. The molecule has 0 aliphatic carbocycles. The summed E-state index contributed by atoms with van der Waals surface area (Å²) in [6.45, 7) is 4.21. The molecule has 0 N–H and O–H groups in total. The first-order valence-electron chi connectivity index (χ1n) is 6.67. The highest BCUT2D eigenvalue weighted by Gasteiger charge is 2.21. The van der Waals surface area contributed by atoms with E-state index in [9.17, 15) is 8.78 Å². The van der Waals surface area contributed by atoms with Gasteiger partial charge in [-0.1, -0.05) is 32.8 Å². The second-order valence-electron chi connectivity index (χ2n) is 4.76. The number of alkyl halides is 1. The Labute approximate surface area is 113 Å². The fourth-order valence-electron chi connectivity index (χ4n) is 2.34. The molecule has 0 aromatic heterocycles. The number of hydrogen-bond acceptors (Lipinski definition) is 0. The molecule has 1 unspecified atom stereocenters. The molecule has 0 amide bonds. The van der Waals surface area contributed by atoms with Crippen molar-refractivity contribution in [2.45, 2.75) is 51.3 Å². The van der Waals surface area contributed by atoms with Crippen molar-refractivity contribution in [3.05, 3.63) is 35.4 Å². The van der Waals surface area contributed by atoms with E-state index in [1.54, 1.807) is 0 Å². The van der Waals surface area contributed by atoms with Crippen molar-refractivity contribution >= 4 is 11.6 Å². The molecule has 0 saturated heterocycles. The molecule has 3 heteroatoms. The number of halogens is 3. The SMILES string of the molecule is CCCC(CCC)C(Cl)Cc1c(F)cccc1F. The normalized spacial score (nSPS) is 13.0. The molecule has 0 heterocycles. The van der Waals surface area contributed by atoms with Crippen LogP contribution in [0.2, 0.25) is 0 Å². The predicted molar refractivity (Wildman–Crippen MR) is 73.0 cm³/mol. The molecule has 0 saturated carbocycles. The van der Waals surface area contributed by atoms with Crippen LogP contribution in [0.1, 0.15) is 45.1 Å². The van der Waals surface area contributed by atoms with E-state index in [4.69, 9.17) is 11.6 Å². The lowest BCUT2D eigenvalue weighted by Crippen LogP contribution is -2.19. The summed E-state index contributed by atoms with van der Waals surface area (Å²) >= 11 is 6.35. The van der Waals surface area contributed by atoms with Gasteiger partial charge >= 0.3 is 0 Å². The van der Waals surface area contributed by atoms with E-state index in [1.807, 2.05) is 0 Å². The molecular formula is C15H21ClF2. The van der Waals surface area contributed by atoms with Crippen molar-refractivity contribution in [2.24, 2.45) is 5.92 Å². The van der Waals surface area contributed by atoms with E-state index >= 15 is 0 Å². The van der Waals surface area contributed by atoms with Crippen molar-refractivity contribution in [1.82, 2.24) is 0 Å². The molecule has 1 aromatic carbocycles. The minimum atomic E-state index is -0.493. The predicted octanol–water partition coefficient (Wildman–Crippen LogP) is 5.33. The molecule has 0 fully saturated rings. The van der Waals surface area contributed by atoms with Gasteiger partial charge in [-0.05, 0) is 37.3 Å². The summed E-state index contributed by atoms with van der Waals surface area (Å²) in [7, 11) is 0. The molecule has 0 spiro atoms. The van der Waals surface area contributed by atoms with Crippen molar-refractivity contribution in [3.63, 3.8) is 0 Å². The summed E-state index contributed by atoms with van der Waals surface area (Å²) in [6, 6.07) is 3.96. The van der Waals surface area contributed by atoms with Crippen molar-refractivity contribution in [1.29, 1.82) is 0 Å². The molecule has 0 nitrogen and oxygen atoms in total. The molecule has 18 heavy (non-hydrogen) atoms. The maximum Gasteiger partial charge on any atom is 0.129 e. The zero-order valence-electron chi connectivity index (χ0n) is 11.1. The lowest BCUT2D eigenvalue weighted by atomic mass is 9.91. The third-order valence-electron chi connectivity index (χ3n) is 3.29. The van der Waals surface area contributed by atoms with E-state index in [2.05, 4.69) is 13.8 Å². The Kier molecular flexibility index (Phi) is 6.62. The van der Waals surface area contributed by atoms with Crippen LogP contribution in [0.3, 0.4) is 0 Å². The third-order valence-corrected chi connectivity index (χ3v) is 3.80. The van der Waals surface area contributed by atoms with Gasteiger partial charge in [0, 0.05) is 10.9 Å². The molecule has 102 valence electrons. The van der Waals surface area contributed by atoms with E-state index < -0.39 is 11.6 Å². The average Bonchev–Trinajstić information content (AvgIpc) is 2.33. The molecule has 1 atom stereocenters. The second-order valence-corrected chi connectivity index (χ2v) is 5.32. The lowest BCUT2D eigenvalue weighted by molar-refractivity contribution is 0.411. The summed E-state index contributed by atoms with van der Waals surface area (Å²) in [5.74, 6) is -0.652. The summed E-state index contributed by atoms with van der Waals surface area (Å²) in [5.41, 5.74) is 0.120. The van der Waals surface area contributed by atoms with Gasteiger partial charge < -0.3 is 0 Å². The highest BCUT2D eigenvalue weighted by Crippen LogP contribution is 2.27. The summed E-state index contributed by atoms with van der Waals surface area (Å²) < 4.78 is 27.1. The standard InChI is InChI=1S/C15H21ClF2/c1-3-6-11(7-4-2)13(16)10-12-14(17)8-5-9-15(12)18/h5,8-9,11,13H,3-4,6-7,10H2,1-2H3. The van der Waals surface area contributed by atoms with Crippen LogP contribution >= 0.6 is 11.6 Å². The van der Waals surface area contributed by atoms with Gasteiger partial charge in [0.1, 0.15) is 11.6 Å². The first-order valence-corrected chi connectivity index (χ1v) is 7.10. The molecule has 1 rings (SSSR count). The van der Waals surface area contributed by atoms with Crippen LogP contribution in [-0.2, 0) is 6.42 Å². The Morgan fingerprint density at radius 1 is 1.06 bits per heavy atom. The van der Waals surface area contributed by atoms with Crippen molar-refractivity contribution < 1.29 is 8.78 Å². The van der Waals surface area contributed by atoms with Gasteiger partial charge in [-0.3, -0.25) is 0 Å². The van der Waals surface area contributed by atoms with Crippen LogP contribution < -0.4 is 0 Å². The summed E-state index contributed by atoms with van der Waals surface area (Å²) in [4.78, 5) is 0. The minimum Gasteiger partial charge on any atom is -0.207 e. The Hall–Kier alpha value is -0.630. The fraction of sp³-hybridized carbons (Fsp3) is 0.600. The third kappa shape index (κ3) is 4.24. The van der Waals surface area contributed by atoms with Crippen LogP contribution in [0.5, 0.6) is 0 Å². The quantitative estimate of drug-likeness (QED) is 0.590. The Morgan fingerprint density at radius 2 is 1.56 bits per heavy atom. The Morgan fingerprint density at radius 3 is 2.00 bits per heavy atom. The van der Waals surface area contributed by atoms with Gasteiger partial charge in [0.25, 0.3) is 0 Å². The van der Waals surface area contributed by atoms with Gasteiger partial charge in [0.15, 0.2) is 0 Å². The molecule has 0 aliphatic heterocycles. The second kappa shape index (κ2) is 7.73. The smallest absolute Gasteiger partial charge is 0.129 e. The van der Waals surface area contributed by atoms with Gasteiger partial charge in [0.05, 0.1) is 0 Å². The first kappa shape index (κ1) is 15.4. The highest BCUT2D eigenvalue weighted by molar-refractivity contribution is 6.20. The van der Waals surface area contributed by atoms with Gasteiger partial charge in [-0.15, -0.1) is 11.6 Å². The molecule has 1 aromatic rings. The number of hydrogen-bond donors (Lipinski definition) is 0. The zero-order valence-corrected chi connectivity index (χ0v) is 11.8. The summed E-state index contributed by atoms with van der Waals surface area (Å²) in [5, 5.41) is -0.198. The fourth-order valence-corrected chi connectivity index (χ4v) is 2.74. The topological polar surface area (TPSA) is 0 Å². The Balaban J connectivity index is 2.75. The van der Waals surface area contributed by atoms with Gasteiger partial charge in [-0.25, -0.2) is 8.78 Å². The van der Waals surface area contributed by atoms with Crippen LogP contribution in [0.15, 0.2) is 18.2 Å². The average molecular weight is 275 g/mol. The van der Waals surface area contributed by atoms with E-state index in [-0.39, 0.29) is 17.4 Å². The largest absolute Gasteiger partial charge is 0.207 e. The summed E-state index contributed by atoms with van der Waals surface area (Å²) in [6.07, 6.45) is 4.39. The van der Waals surface area contributed by atoms with Gasteiger partial charge in [-0.2, -0.15) is 0 Å². The van der Waals surface area contributed by atoms with Crippen LogP contribution in [0, 0.1) is 17.6 Å². The van der Waals surface area contributed by atoms with Gasteiger partial charge in [0.2, 0.25) is 0 Å². The lowest BCUT2D eigenvalue weighted by Gasteiger charge is -2.21. The molecule has 0 bridgehead atoms. The maximum atomic E-state index is 13.5. The molecule has 0 radical (unpaired) electrons. The number of rotatable bonds is 7.